The lowest BCUT2D eigenvalue weighted by atomic mass is 10.5. The molecule has 2 N–H and O–H groups in total. The fourth-order valence-corrected chi connectivity index (χ4v) is 2.80. The fourth-order valence-electron chi connectivity index (χ4n) is 0.758. The van der Waals surface area contributed by atoms with Crippen LogP contribution in [-0.4, -0.2) is 31.9 Å². The first kappa shape index (κ1) is 15.3. The summed E-state index contributed by atoms with van der Waals surface area (Å²) in [6.45, 7) is 1.98. The zero-order chi connectivity index (χ0) is 11.7. The highest BCUT2D eigenvalue weighted by molar-refractivity contribution is 14.1. The van der Waals surface area contributed by atoms with E-state index in [1.807, 2.05) is 0 Å². The van der Waals surface area contributed by atoms with Crippen molar-refractivity contribution in [3.8, 4) is 0 Å². The van der Waals surface area contributed by atoms with Gasteiger partial charge in [-0.3, -0.25) is 9.09 Å². The maximum absolute atomic E-state index is 11.7. The van der Waals surface area contributed by atoms with E-state index in [0.717, 1.165) is 0 Å². The van der Waals surface area contributed by atoms with Gasteiger partial charge in [0, 0.05) is 0 Å². The molecule has 0 bridgehead atoms. The van der Waals surface area contributed by atoms with Crippen molar-refractivity contribution < 1.29 is 21.5 Å². The summed E-state index contributed by atoms with van der Waals surface area (Å²) < 4.78 is 26.0. The lowest BCUT2D eigenvalue weighted by Crippen LogP contribution is -2.13. The Kier molecular flexibility index (Phi) is 8.64. The van der Waals surface area contributed by atoms with Crippen molar-refractivity contribution in [2.75, 3.05) is 25.9 Å². The molecule has 15 heavy (non-hydrogen) atoms. The van der Waals surface area contributed by atoms with Gasteiger partial charge in [-0.05, 0) is 19.9 Å². The van der Waals surface area contributed by atoms with E-state index in [4.69, 9.17) is 13.1 Å². The molecule has 1 atom stereocenters. The lowest BCUT2D eigenvalue weighted by Gasteiger charge is -2.13. The third-order valence-corrected chi connectivity index (χ3v) is 4.82. The standard InChI is InChI=1S/C7H15INO5P/c1-2-12-7(10)6-13-15(11,14-8)5-3-4-9/h2-6,9H2,1H3. The van der Waals surface area contributed by atoms with Gasteiger partial charge in [0.2, 0.25) is 0 Å². The smallest absolute Gasteiger partial charge is 0.340 e. The van der Waals surface area contributed by atoms with Crippen molar-refractivity contribution in [3.05, 3.63) is 0 Å². The molecule has 0 aromatic carbocycles. The van der Waals surface area contributed by atoms with Gasteiger partial charge in [-0.1, -0.05) is 0 Å². The van der Waals surface area contributed by atoms with Crippen LogP contribution in [0.2, 0.25) is 0 Å². The average molecular weight is 351 g/mol. The van der Waals surface area contributed by atoms with E-state index in [9.17, 15) is 9.36 Å². The van der Waals surface area contributed by atoms with E-state index in [1.165, 1.54) is 23.0 Å². The third kappa shape index (κ3) is 7.24. The van der Waals surface area contributed by atoms with E-state index in [2.05, 4.69) is 4.74 Å². The normalized spacial score (nSPS) is 14.6. The Morgan fingerprint density at radius 1 is 1.53 bits per heavy atom. The average Bonchev–Trinajstić information content (AvgIpc) is 2.24. The molecule has 0 spiro atoms. The zero-order valence-corrected chi connectivity index (χ0v) is 11.5. The molecule has 0 amide bonds. The minimum Gasteiger partial charge on any atom is -0.464 e. The molecule has 6 nitrogen and oxygen atoms in total. The second-order valence-corrected chi connectivity index (χ2v) is 5.87. The highest BCUT2D eigenvalue weighted by atomic mass is 127. The molecule has 0 heterocycles. The van der Waals surface area contributed by atoms with Crippen LogP contribution >= 0.6 is 30.6 Å². The zero-order valence-electron chi connectivity index (χ0n) is 8.48. The second-order valence-electron chi connectivity index (χ2n) is 2.62. The number of esters is 1. The Morgan fingerprint density at radius 2 is 2.20 bits per heavy atom. The molecule has 0 aromatic rings. The Bertz CT molecular complexity index is 237. The van der Waals surface area contributed by atoms with Gasteiger partial charge in [-0.15, -0.1) is 0 Å². The molecular weight excluding hydrogens is 336 g/mol. The van der Waals surface area contributed by atoms with E-state index in [0.29, 0.717) is 13.0 Å². The van der Waals surface area contributed by atoms with Gasteiger partial charge in [-0.2, -0.15) is 0 Å². The lowest BCUT2D eigenvalue weighted by molar-refractivity contribution is -0.145. The molecule has 0 aliphatic carbocycles. The predicted octanol–water partition coefficient (Wildman–Crippen LogP) is 1.47. The minimum atomic E-state index is -3.19. The molecule has 0 rings (SSSR count). The summed E-state index contributed by atoms with van der Waals surface area (Å²) >= 11 is 1.49. The first-order chi connectivity index (χ1) is 7.08. The topological polar surface area (TPSA) is 87.9 Å². The Morgan fingerprint density at radius 3 is 2.67 bits per heavy atom. The monoisotopic (exact) mass is 351 g/mol. The van der Waals surface area contributed by atoms with Crippen LogP contribution in [0.3, 0.4) is 0 Å². The van der Waals surface area contributed by atoms with Crippen molar-refractivity contribution in [2.45, 2.75) is 13.3 Å². The Labute approximate surface area is 103 Å². The molecule has 0 saturated heterocycles. The number of carbonyl (C=O) groups excluding carboxylic acids is 1. The predicted molar refractivity (Wildman–Crippen MR) is 63.8 cm³/mol. The van der Waals surface area contributed by atoms with E-state index in [-0.39, 0.29) is 19.4 Å². The van der Waals surface area contributed by atoms with Crippen LogP contribution in [0.25, 0.3) is 0 Å². The second kappa shape index (κ2) is 8.46. The van der Waals surface area contributed by atoms with Gasteiger partial charge in [0.1, 0.15) is 23.0 Å². The molecule has 1 unspecified atom stereocenters. The Balaban J connectivity index is 3.97. The summed E-state index contributed by atoms with van der Waals surface area (Å²) in [6, 6.07) is 0. The van der Waals surface area contributed by atoms with Gasteiger partial charge >= 0.3 is 13.6 Å². The third-order valence-electron chi connectivity index (χ3n) is 1.43. The molecule has 8 heteroatoms. The number of nitrogens with two attached hydrogens (primary N) is 1. The SMILES string of the molecule is CCOC(=O)COP(=O)(CCCN)OI. The number of carbonyl (C=O) groups is 1. The molecular formula is C7H15INO5P. The molecule has 0 saturated carbocycles. The summed E-state index contributed by atoms with van der Waals surface area (Å²) in [5.74, 6) is -0.557. The summed E-state index contributed by atoms with van der Waals surface area (Å²) in [6.07, 6.45) is 0.717. The van der Waals surface area contributed by atoms with Crippen molar-refractivity contribution >= 4 is 36.6 Å². The molecule has 0 aliphatic heterocycles. The molecule has 0 fully saturated rings. The van der Waals surface area contributed by atoms with Crippen LogP contribution in [0, 0.1) is 0 Å². The van der Waals surface area contributed by atoms with Crippen LogP contribution in [-0.2, 0) is 21.5 Å². The van der Waals surface area contributed by atoms with E-state index >= 15 is 0 Å². The number of hydrogen-bond donors (Lipinski definition) is 1. The van der Waals surface area contributed by atoms with Crippen molar-refractivity contribution in [2.24, 2.45) is 5.73 Å². The van der Waals surface area contributed by atoms with Crippen LogP contribution in [0.5, 0.6) is 0 Å². The van der Waals surface area contributed by atoms with Gasteiger partial charge < -0.3 is 10.5 Å². The van der Waals surface area contributed by atoms with Crippen LogP contribution < -0.4 is 5.73 Å². The summed E-state index contributed by atoms with van der Waals surface area (Å²) in [4.78, 5) is 10.9. The van der Waals surface area contributed by atoms with Gasteiger partial charge in [0.05, 0.1) is 12.8 Å². The Hall–Kier alpha value is 0.310. The number of hydrogen-bond acceptors (Lipinski definition) is 6. The molecule has 0 aromatic heterocycles. The maximum atomic E-state index is 11.7. The first-order valence-corrected chi connectivity index (χ1v) is 7.08. The van der Waals surface area contributed by atoms with Gasteiger partial charge in [-0.25, -0.2) is 7.65 Å². The van der Waals surface area contributed by atoms with Gasteiger partial charge in [0.25, 0.3) is 0 Å². The fraction of sp³-hybridized carbons (Fsp3) is 0.857. The van der Waals surface area contributed by atoms with Crippen molar-refractivity contribution in [1.29, 1.82) is 0 Å². The van der Waals surface area contributed by atoms with E-state index in [1.54, 1.807) is 6.92 Å². The molecule has 0 aliphatic rings. The maximum Gasteiger partial charge on any atom is 0.340 e. The molecule has 90 valence electrons. The van der Waals surface area contributed by atoms with Crippen molar-refractivity contribution in [3.63, 3.8) is 0 Å². The van der Waals surface area contributed by atoms with Crippen LogP contribution in [0.1, 0.15) is 13.3 Å². The number of rotatable bonds is 8. The summed E-state index contributed by atoms with van der Waals surface area (Å²) in [7, 11) is -3.19. The first-order valence-electron chi connectivity index (χ1n) is 4.47. The van der Waals surface area contributed by atoms with Crippen LogP contribution in [0.4, 0.5) is 0 Å². The van der Waals surface area contributed by atoms with Gasteiger partial charge in [0.15, 0.2) is 6.61 Å². The van der Waals surface area contributed by atoms with Crippen LogP contribution in [0.15, 0.2) is 0 Å². The number of halogens is 1. The minimum absolute atomic E-state index is 0.200. The largest absolute Gasteiger partial charge is 0.464 e. The highest BCUT2D eigenvalue weighted by Crippen LogP contribution is 2.50. The number of ether oxygens (including phenoxy) is 1. The quantitative estimate of drug-likeness (QED) is 0.405. The van der Waals surface area contributed by atoms with Crippen molar-refractivity contribution in [1.82, 2.24) is 0 Å². The van der Waals surface area contributed by atoms with E-state index < -0.39 is 13.6 Å². The summed E-state index contributed by atoms with van der Waals surface area (Å²) in [5, 5.41) is 0. The molecule has 0 radical (unpaired) electrons. The summed E-state index contributed by atoms with van der Waals surface area (Å²) in [5.41, 5.74) is 5.27. The highest BCUT2D eigenvalue weighted by Gasteiger charge is 2.24.